The lowest BCUT2D eigenvalue weighted by atomic mass is 10.1. The molecule has 10 nitrogen and oxygen atoms in total. The molecule has 0 aliphatic rings. The Labute approximate surface area is 207 Å². The molecule has 0 aromatic heterocycles. The summed E-state index contributed by atoms with van der Waals surface area (Å²) in [6.07, 6.45) is 1.29. The van der Waals surface area contributed by atoms with Crippen LogP contribution in [0.15, 0.2) is 77.5 Å². The maximum Gasteiger partial charge on any atom is 0.311 e. The van der Waals surface area contributed by atoms with Crippen LogP contribution in [-0.2, 0) is 4.79 Å². The van der Waals surface area contributed by atoms with Gasteiger partial charge in [-0.3, -0.25) is 19.7 Å². The van der Waals surface area contributed by atoms with Gasteiger partial charge in [0.05, 0.1) is 17.7 Å². The zero-order valence-corrected chi connectivity index (χ0v) is 19.8. The minimum atomic E-state index is -0.774. The Bertz CT molecular complexity index is 1370. The number of aromatic hydroxyl groups is 1. The van der Waals surface area contributed by atoms with Crippen molar-refractivity contribution in [2.75, 3.05) is 7.11 Å². The number of nitro groups is 1. The predicted molar refractivity (Wildman–Crippen MR) is 135 cm³/mol. The van der Waals surface area contributed by atoms with Crippen LogP contribution in [0, 0.1) is 17.0 Å². The Balaban J connectivity index is 1.96. The lowest BCUT2D eigenvalue weighted by Gasteiger charge is -2.11. The number of methoxy groups -OCH3 is 1. The summed E-state index contributed by atoms with van der Waals surface area (Å²) in [6, 6.07) is 17.5. The lowest BCUT2D eigenvalue weighted by molar-refractivity contribution is -0.385. The van der Waals surface area contributed by atoms with Crippen molar-refractivity contribution in [3.8, 4) is 11.5 Å². The van der Waals surface area contributed by atoms with Crippen molar-refractivity contribution in [2.45, 2.75) is 13.8 Å². The quantitative estimate of drug-likeness (QED) is 0.190. The van der Waals surface area contributed by atoms with Gasteiger partial charge in [-0.1, -0.05) is 36.4 Å². The number of benzene rings is 3. The van der Waals surface area contributed by atoms with Gasteiger partial charge in [-0.15, -0.1) is 0 Å². The van der Waals surface area contributed by atoms with Crippen LogP contribution in [0.4, 0.5) is 5.69 Å². The minimum absolute atomic E-state index is 0.0340. The first-order chi connectivity index (χ1) is 17.2. The Morgan fingerprint density at radius 3 is 2.47 bits per heavy atom. The Hall–Kier alpha value is -4.99. The molecule has 2 amide bonds. The molecule has 0 spiro atoms. The van der Waals surface area contributed by atoms with Crippen LogP contribution in [0.2, 0.25) is 0 Å². The number of rotatable bonds is 8. The molecule has 0 heterocycles. The first kappa shape index (κ1) is 25.6. The fourth-order valence-electron chi connectivity index (χ4n) is 3.25. The number of amides is 2. The van der Waals surface area contributed by atoms with Gasteiger partial charge in [0.2, 0.25) is 0 Å². The summed E-state index contributed by atoms with van der Waals surface area (Å²) in [5.41, 5.74) is 3.85. The maximum atomic E-state index is 13.0. The molecule has 184 valence electrons. The Morgan fingerprint density at radius 2 is 1.81 bits per heavy atom. The van der Waals surface area contributed by atoms with E-state index in [1.165, 1.54) is 31.4 Å². The second-order valence-corrected chi connectivity index (χ2v) is 7.68. The summed E-state index contributed by atoms with van der Waals surface area (Å²) in [7, 11) is 1.31. The van der Waals surface area contributed by atoms with Gasteiger partial charge >= 0.3 is 5.69 Å². The highest BCUT2D eigenvalue weighted by molar-refractivity contribution is 6.06. The molecule has 0 saturated carbocycles. The van der Waals surface area contributed by atoms with E-state index in [2.05, 4.69) is 15.8 Å². The molecule has 10 heteroatoms. The van der Waals surface area contributed by atoms with E-state index in [0.29, 0.717) is 22.4 Å². The topological polar surface area (TPSA) is 143 Å². The smallest absolute Gasteiger partial charge is 0.311 e. The number of nitro benzene ring substituents is 1. The standard InChI is InChI=1S/C26H24N4O6/c1-16-8-7-11-20(24(16)31)17(2)28-29-26(33)21(27-25(32)19-9-5-4-6-10-19)14-18-12-13-23(36-3)22(15-18)30(34)35/h4-15,31H,1-3H3,(H,27,32)(H,29,33). The number of hydrogen-bond donors (Lipinski definition) is 3. The molecule has 0 atom stereocenters. The molecule has 0 aliphatic carbocycles. The molecular weight excluding hydrogens is 464 g/mol. The van der Waals surface area contributed by atoms with Crippen LogP contribution in [0.3, 0.4) is 0 Å². The first-order valence-electron chi connectivity index (χ1n) is 10.8. The molecule has 0 fully saturated rings. The van der Waals surface area contributed by atoms with Gasteiger partial charge in [-0.05, 0) is 55.3 Å². The van der Waals surface area contributed by atoms with Crippen LogP contribution in [0.5, 0.6) is 11.5 Å². The van der Waals surface area contributed by atoms with E-state index in [-0.39, 0.29) is 28.4 Å². The van der Waals surface area contributed by atoms with Gasteiger partial charge < -0.3 is 15.2 Å². The molecule has 36 heavy (non-hydrogen) atoms. The average molecular weight is 489 g/mol. The van der Waals surface area contributed by atoms with E-state index in [0.717, 1.165) is 0 Å². The van der Waals surface area contributed by atoms with Gasteiger partial charge in [0, 0.05) is 17.2 Å². The van der Waals surface area contributed by atoms with Crippen LogP contribution >= 0.6 is 0 Å². The molecule has 0 aliphatic heterocycles. The predicted octanol–water partition coefficient (Wildman–Crippen LogP) is 3.93. The minimum Gasteiger partial charge on any atom is -0.507 e. The average Bonchev–Trinajstić information content (AvgIpc) is 2.88. The first-order valence-corrected chi connectivity index (χ1v) is 10.8. The molecule has 0 bridgehead atoms. The van der Waals surface area contributed by atoms with E-state index in [1.54, 1.807) is 62.4 Å². The highest BCUT2D eigenvalue weighted by Gasteiger charge is 2.18. The van der Waals surface area contributed by atoms with Crippen LogP contribution in [0.25, 0.3) is 6.08 Å². The van der Waals surface area contributed by atoms with Crippen molar-refractivity contribution < 1.29 is 24.4 Å². The monoisotopic (exact) mass is 488 g/mol. The van der Waals surface area contributed by atoms with E-state index in [9.17, 15) is 24.8 Å². The van der Waals surface area contributed by atoms with E-state index < -0.39 is 16.7 Å². The van der Waals surface area contributed by atoms with Gasteiger partial charge in [-0.2, -0.15) is 5.10 Å². The fraction of sp³-hybridized carbons (Fsp3) is 0.115. The van der Waals surface area contributed by atoms with Crippen LogP contribution in [0.1, 0.15) is 34.0 Å². The second-order valence-electron chi connectivity index (χ2n) is 7.68. The summed E-state index contributed by atoms with van der Waals surface area (Å²) in [5, 5.41) is 28.2. The van der Waals surface area contributed by atoms with Gasteiger partial charge in [0.1, 0.15) is 11.4 Å². The number of phenols is 1. The normalized spacial score (nSPS) is 11.5. The summed E-state index contributed by atoms with van der Waals surface area (Å²) in [6.45, 7) is 3.34. The van der Waals surface area contributed by atoms with Gasteiger partial charge in [0.15, 0.2) is 5.75 Å². The summed E-state index contributed by atoms with van der Waals surface area (Å²) < 4.78 is 5.01. The van der Waals surface area contributed by atoms with Crippen LogP contribution < -0.4 is 15.5 Å². The number of hydrogen-bond acceptors (Lipinski definition) is 7. The van der Waals surface area contributed by atoms with Gasteiger partial charge in [-0.25, -0.2) is 5.43 Å². The molecule has 0 saturated heterocycles. The molecule has 3 aromatic carbocycles. The number of carbonyl (C=O) groups excluding carboxylic acids is 2. The largest absolute Gasteiger partial charge is 0.507 e. The van der Waals surface area contributed by atoms with E-state index in [1.807, 2.05) is 0 Å². The summed E-state index contributed by atoms with van der Waals surface area (Å²) >= 11 is 0. The highest BCUT2D eigenvalue weighted by Crippen LogP contribution is 2.28. The number of ether oxygens (including phenoxy) is 1. The van der Waals surface area contributed by atoms with Crippen molar-refractivity contribution in [3.63, 3.8) is 0 Å². The number of aryl methyl sites for hydroxylation is 1. The Morgan fingerprint density at radius 1 is 1.08 bits per heavy atom. The van der Waals surface area contributed by atoms with Crippen molar-refractivity contribution in [1.29, 1.82) is 0 Å². The van der Waals surface area contributed by atoms with E-state index >= 15 is 0 Å². The van der Waals surface area contributed by atoms with Crippen molar-refractivity contribution in [1.82, 2.24) is 10.7 Å². The number of phenolic OH excluding ortho intramolecular Hbond substituents is 1. The van der Waals surface area contributed by atoms with Crippen molar-refractivity contribution in [2.24, 2.45) is 5.10 Å². The number of carbonyl (C=O) groups is 2. The summed E-state index contributed by atoms with van der Waals surface area (Å²) in [5.74, 6) is -1.25. The Kier molecular flexibility index (Phi) is 8.14. The molecule has 0 radical (unpaired) electrons. The third-order valence-corrected chi connectivity index (χ3v) is 5.19. The molecular formula is C26H24N4O6. The third kappa shape index (κ3) is 6.11. The zero-order chi connectivity index (χ0) is 26.2. The lowest BCUT2D eigenvalue weighted by Crippen LogP contribution is -2.33. The molecule has 3 N–H and O–H groups in total. The molecule has 0 unspecified atom stereocenters. The number of nitrogens with zero attached hydrogens (tertiary/aromatic N) is 2. The number of para-hydroxylation sites is 1. The van der Waals surface area contributed by atoms with Crippen molar-refractivity contribution in [3.05, 3.63) is 105 Å². The number of nitrogens with one attached hydrogen (secondary N) is 2. The van der Waals surface area contributed by atoms with Crippen molar-refractivity contribution >= 4 is 29.3 Å². The van der Waals surface area contributed by atoms with Crippen LogP contribution in [-0.4, -0.2) is 34.7 Å². The zero-order valence-electron chi connectivity index (χ0n) is 19.8. The number of hydrazone groups is 1. The SMILES string of the molecule is COc1ccc(C=C(NC(=O)c2ccccc2)C(=O)NN=C(C)c2cccc(C)c2O)cc1[N+](=O)[O-]. The fourth-order valence-corrected chi connectivity index (χ4v) is 3.25. The third-order valence-electron chi connectivity index (χ3n) is 5.19. The molecule has 3 aromatic rings. The van der Waals surface area contributed by atoms with E-state index in [4.69, 9.17) is 4.74 Å². The highest BCUT2D eigenvalue weighted by atomic mass is 16.6. The maximum absolute atomic E-state index is 13.0. The second kappa shape index (κ2) is 11.4. The molecule has 3 rings (SSSR count). The summed E-state index contributed by atoms with van der Waals surface area (Å²) in [4.78, 5) is 36.5. The van der Waals surface area contributed by atoms with Gasteiger partial charge in [0.25, 0.3) is 11.8 Å².